The van der Waals surface area contributed by atoms with Gasteiger partial charge in [0, 0.05) is 5.56 Å². The minimum Gasteiger partial charge on any atom is -0.398 e. The molecule has 21 heavy (non-hydrogen) atoms. The number of nitrogen functional groups attached to an aromatic ring is 1. The van der Waals surface area contributed by atoms with Gasteiger partial charge in [-0.2, -0.15) is 4.68 Å². The number of anilines is 1. The standard InChI is InChI=1S/C15H14ClN5/c1-9-3-6-14(10(2)7-9)21-15(18-19-20-21)11-4-5-13(17)12(16)8-11/h3-8H,17H2,1-2H3. The molecule has 106 valence electrons. The van der Waals surface area contributed by atoms with E-state index in [1.165, 1.54) is 5.56 Å². The summed E-state index contributed by atoms with van der Waals surface area (Å²) in [6.07, 6.45) is 0. The van der Waals surface area contributed by atoms with Crippen LogP contribution in [0.2, 0.25) is 5.02 Å². The third-order valence-corrected chi connectivity index (χ3v) is 3.64. The Bertz CT molecular complexity index is 810. The summed E-state index contributed by atoms with van der Waals surface area (Å²) in [6, 6.07) is 11.5. The lowest BCUT2D eigenvalue weighted by Crippen LogP contribution is -2.02. The van der Waals surface area contributed by atoms with E-state index in [1.54, 1.807) is 16.8 Å². The van der Waals surface area contributed by atoms with E-state index in [4.69, 9.17) is 17.3 Å². The number of hydrogen-bond acceptors (Lipinski definition) is 4. The van der Waals surface area contributed by atoms with E-state index in [-0.39, 0.29) is 0 Å². The van der Waals surface area contributed by atoms with Crippen molar-refractivity contribution in [3.05, 3.63) is 52.5 Å². The van der Waals surface area contributed by atoms with Gasteiger partial charge >= 0.3 is 0 Å². The third-order valence-electron chi connectivity index (χ3n) is 3.31. The summed E-state index contributed by atoms with van der Waals surface area (Å²) in [5, 5.41) is 12.5. The molecule has 0 aliphatic heterocycles. The van der Waals surface area contributed by atoms with Crippen molar-refractivity contribution in [3.63, 3.8) is 0 Å². The number of aryl methyl sites for hydroxylation is 2. The number of rotatable bonds is 2. The quantitative estimate of drug-likeness (QED) is 0.738. The first-order chi connectivity index (χ1) is 10.1. The maximum atomic E-state index is 6.08. The van der Waals surface area contributed by atoms with Gasteiger partial charge in [0.05, 0.1) is 16.4 Å². The Morgan fingerprint density at radius 1 is 1.10 bits per heavy atom. The summed E-state index contributed by atoms with van der Waals surface area (Å²) in [5.41, 5.74) is 10.3. The molecule has 0 aliphatic rings. The van der Waals surface area contributed by atoms with Crippen LogP contribution in [-0.4, -0.2) is 20.2 Å². The molecule has 2 N–H and O–H groups in total. The Morgan fingerprint density at radius 3 is 2.62 bits per heavy atom. The average Bonchev–Trinajstić information content (AvgIpc) is 2.91. The maximum Gasteiger partial charge on any atom is 0.187 e. The summed E-state index contributed by atoms with van der Waals surface area (Å²) >= 11 is 6.08. The Morgan fingerprint density at radius 2 is 1.90 bits per heavy atom. The Labute approximate surface area is 127 Å². The molecule has 3 rings (SSSR count). The van der Waals surface area contributed by atoms with Crippen LogP contribution < -0.4 is 5.73 Å². The highest BCUT2D eigenvalue weighted by Gasteiger charge is 2.13. The smallest absolute Gasteiger partial charge is 0.187 e. The highest BCUT2D eigenvalue weighted by molar-refractivity contribution is 6.33. The molecule has 0 radical (unpaired) electrons. The summed E-state index contributed by atoms with van der Waals surface area (Å²) in [4.78, 5) is 0. The van der Waals surface area contributed by atoms with Crippen LogP contribution in [0.3, 0.4) is 0 Å². The minimum atomic E-state index is 0.489. The number of halogens is 1. The molecule has 1 aromatic heterocycles. The Balaban J connectivity index is 2.14. The highest BCUT2D eigenvalue weighted by atomic mass is 35.5. The monoisotopic (exact) mass is 299 g/mol. The van der Waals surface area contributed by atoms with Crippen molar-refractivity contribution in [2.24, 2.45) is 0 Å². The van der Waals surface area contributed by atoms with Gasteiger partial charge in [-0.3, -0.25) is 0 Å². The van der Waals surface area contributed by atoms with Gasteiger partial charge in [0.15, 0.2) is 5.82 Å². The van der Waals surface area contributed by atoms with Crippen LogP contribution in [0.5, 0.6) is 0 Å². The number of hydrogen-bond donors (Lipinski definition) is 1. The molecule has 0 atom stereocenters. The largest absolute Gasteiger partial charge is 0.398 e. The number of benzene rings is 2. The second kappa shape index (κ2) is 5.18. The van der Waals surface area contributed by atoms with Crippen molar-refractivity contribution in [3.8, 4) is 17.1 Å². The Kier molecular flexibility index (Phi) is 3.35. The van der Waals surface area contributed by atoms with Crippen LogP contribution in [0.1, 0.15) is 11.1 Å². The molecule has 3 aromatic rings. The number of aromatic nitrogens is 4. The van der Waals surface area contributed by atoms with E-state index in [1.807, 2.05) is 25.1 Å². The zero-order valence-corrected chi connectivity index (χ0v) is 12.5. The summed E-state index contributed by atoms with van der Waals surface area (Å²) in [5.74, 6) is 0.629. The van der Waals surface area contributed by atoms with Crippen molar-refractivity contribution in [1.82, 2.24) is 20.2 Å². The molecule has 0 saturated heterocycles. The SMILES string of the molecule is Cc1ccc(-n2nnnc2-c2ccc(N)c(Cl)c2)c(C)c1. The molecule has 0 fully saturated rings. The minimum absolute atomic E-state index is 0.489. The molecule has 0 aliphatic carbocycles. The van der Waals surface area contributed by atoms with Crippen LogP contribution in [0.4, 0.5) is 5.69 Å². The third kappa shape index (κ3) is 2.48. The first kappa shape index (κ1) is 13.6. The highest BCUT2D eigenvalue weighted by Crippen LogP contribution is 2.27. The van der Waals surface area contributed by atoms with Gasteiger partial charge in [-0.05, 0) is 54.1 Å². The van der Waals surface area contributed by atoms with Gasteiger partial charge in [0.25, 0.3) is 0 Å². The molecular weight excluding hydrogens is 286 g/mol. The fourth-order valence-corrected chi connectivity index (χ4v) is 2.42. The van der Waals surface area contributed by atoms with Crippen molar-refractivity contribution in [1.29, 1.82) is 0 Å². The average molecular weight is 300 g/mol. The normalized spacial score (nSPS) is 10.8. The molecular formula is C15H14ClN5. The number of tetrazole rings is 1. The lowest BCUT2D eigenvalue weighted by molar-refractivity contribution is 0.787. The van der Waals surface area contributed by atoms with Gasteiger partial charge < -0.3 is 5.73 Å². The molecule has 5 nitrogen and oxygen atoms in total. The summed E-state index contributed by atoms with van der Waals surface area (Å²) in [7, 11) is 0. The molecule has 0 amide bonds. The lowest BCUT2D eigenvalue weighted by atomic mass is 10.1. The fourth-order valence-electron chi connectivity index (χ4n) is 2.24. The van der Waals surface area contributed by atoms with E-state index in [0.29, 0.717) is 16.5 Å². The summed E-state index contributed by atoms with van der Waals surface area (Å²) < 4.78 is 1.70. The first-order valence-electron chi connectivity index (χ1n) is 6.47. The molecule has 0 spiro atoms. The van der Waals surface area contributed by atoms with Crippen LogP contribution >= 0.6 is 11.6 Å². The molecule has 2 aromatic carbocycles. The Hall–Kier alpha value is -2.40. The van der Waals surface area contributed by atoms with Crippen LogP contribution in [-0.2, 0) is 0 Å². The van der Waals surface area contributed by atoms with E-state index in [0.717, 1.165) is 16.8 Å². The van der Waals surface area contributed by atoms with Crippen LogP contribution in [0, 0.1) is 13.8 Å². The van der Waals surface area contributed by atoms with Gasteiger partial charge in [0.2, 0.25) is 0 Å². The van der Waals surface area contributed by atoms with Gasteiger partial charge in [-0.1, -0.05) is 29.3 Å². The molecule has 0 saturated carbocycles. The summed E-state index contributed by atoms with van der Waals surface area (Å²) in [6.45, 7) is 4.08. The second-order valence-corrected chi connectivity index (χ2v) is 5.35. The van der Waals surface area contributed by atoms with Crippen molar-refractivity contribution in [2.75, 3.05) is 5.73 Å². The van der Waals surface area contributed by atoms with E-state index in [9.17, 15) is 0 Å². The van der Waals surface area contributed by atoms with Crippen LogP contribution in [0.15, 0.2) is 36.4 Å². The van der Waals surface area contributed by atoms with Crippen molar-refractivity contribution >= 4 is 17.3 Å². The predicted molar refractivity (Wildman–Crippen MR) is 83.5 cm³/mol. The van der Waals surface area contributed by atoms with E-state index in [2.05, 4.69) is 28.5 Å². The second-order valence-electron chi connectivity index (χ2n) is 4.94. The van der Waals surface area contributed by atoms with Crippen molar-refractivity contribution in [2.45, 2.75) is 13.8 Å². The predicted octanol–water partition coefficient (Wildman–Crippen LogP) is 3.18. The van der Waals surface area contributed by atoms with Gasteiger partial charge in [-0.15, -0.1) is 5.10 Å². The van der Waals surface area contributed by atoms with Gasteiger partial charge in [-0.25, -0.2) is 0 Å². The molecule has 6 heteroatoms. The molecule has 0 unspecified atom stereocenters. The lowest BCUT2D eigenvalue weighted by Gasteiger charge is -2.09. The zero-order chi connectivity index (χ0) is 15.0. The van der Waals surface area contributed by atoms with E-state index < -0.39 is 0 Å². The topological polar surface area (TPSA) is 69.6 Å². The van der Waals surface area contributed by atoms with Crippen LogP contribution in [0.25, 0.3) is 17.1 Å². The number of nitrogens with zero attached hydrogens (tertiary/aromatic N) is 4. The molecule has 1 heterocycles. The van der Waals surface area contributed by atoms with Gasteiger partial charge in [0.1, 0.15) is 0 Å². The molecule has 0 bridgehead atoms. The maximum absolute atomic E-state index is 6.08. The number of nitrogens with two attached hydrogens (primary N) is 1. The first-order valence-corrected chi connectivity index (χ1v) is 6.85. The van der Waals surface area contributed by atoms with Crippen molar-refractivity contribution < 1.29 is 0 Å². The fraction of sp³-hybridized carbons (Fsp3) is 0.133. The van der Waals surface area contributed by atoms with E-state index >= 15 is 0 Å². The zero-order valence-electron chi connectivity index (χ0n) is 11.7.